The highest BCUT2D eigenvalue weighted by molar-refractivity contribution is 6.35. The quantitative estimate of drug-likeness (QED) is 0.786. The molecule has 1 aromatic carbocycles. The summed E-state index contributed by atoms with van der Waals surface area (Å²) in [5, 5.41) is 3.90. The van der Waals surface area contributed by atoms with Gasteiger partial charge in [0.15, 0.2) is 6.10 Å². The molecule has 1 aromatic rings. The molecule has 134 valence electrons. The molecule has 1 aliphatic rings. The number of ether oxygens (including phenoxy) is 1. The Labute approximate surface area is 154 Å². The molecule has 1 N–H and O–H groups in total. The van der Waals surface area contributed by atoms with Crippen molar-refractivity contribution in [1.82, 2.24) is 10.2 Å². The summed E-state index contributed by atoms with van der Waals surface area (Å²) in [4.78, 5) is 14.7. The molecule has 0 saturated carbocycles. The van der Waals surface area contributed by atoms with Gasteiger partial charge in [0.25, 0.3) is 5.91 Å². The summed E-state index contributed by atoms with van der Waals surface area (Å²) in [7, 11) is 0. The number of nitrogens with zero attached hydrogens (tertiary/aromatic N) is 1. The molecule has 1 aliphatic heterocycles. The topological polar surface area (TPSA) is 41.6 Å². The van der Waals surface area contributed by atoms with Crippen LogP contribution in [0.3, 0.4) is 0 Å². The van der Waals surface area contributed by atoms with Gasteiger partial charge in [-0.2, -0.15) is 0 Å². The van der Waals surface area contributed by atoms with Gasteiger partial charge in [-0.1, -0.05) is 36.5 Å². The van der Waals surface area contributed by atoms with Gasteiger partial charge in [0.2, 0.25) is 0 Å². The number of nitrogens with one attached hydrogen (secondary N) is 1. The molecular weight excluding hydrogens is 347 g/mol. The number of hydrogen-bond acceptors (Lipinski definition) is 3. The second-order valence-corrected chi connectivity index (χ2v) is 7.39. The first kappa shape index (κ1) is 19.4. The second kappa shape index (κ2) is 9.50. The Morgan fingerprint density at radius 1 is 1.25 bits per heavy atom. The van der Waals surface area contributed by atoms with E-state index >= 15 is 0 Å². The third-order valence-electron chi connectivity index (χ3n) is 4.21. The van der Waals surface area contributed by atoms with Crippen molar-refractivity contribution in [3.05, 3.63) is 28.2 Å². The average molecular weight is 373 g/mol. The van der Waals surface area contributed by atoms with Crippen LogP contribution in [0.4, 0.5) is 0 Å². The van der Waals surface area contributed by atoms with Crippen LogP contribution in [0, 0.1) is 5.92 Å². The minimum atomic E-state index is -0.606. The lowest BCUT2D eigenvalue weighted by atomic mass is 10.1. The fourth-order valence-corrected chi connectivity index (χ4v) is 3.33. The largest absolute Gasteiger partial charge is 0.479 e. The predicted octanol–water partition coefficient (Wildman–Crippen LogP) is 4.00. The van der Waals surface area contributed by atoms with Crippen LogP contribution in [0.5, 0.6) is 5.75 Å². The minimum Gasteiger partial charge on any atom is -0.479 e. The molecule has 1 heterocycles. The lowest BCUT2D eigenvalue weighted by Crippen LogP contribution is -2.41. The van der Waals surface area contributed by atoms with E-state index in [4.69, 9.17) is 27.9 Å². The summed E-state index contributed by atoms with van der Waals surface area (Å²) < 4.78 is 5.63. The highest BCUT2D eigenvalue weighted by Crippen LogP contribution is 2.28. The third kappa shape index (κ3) is 6.15. The number of carbonyl (C=O) groups excluding carboxylic acids is 1. The van der Waals surface area contributed by atoms with Crippen LogP contribution in [-0.4, -0.2) is 43.1 Å². The van der Waals surface area contributed by atoms with Crippen LogP contribution < -0.4 is 10.1 Å². The molecule has 1 saturated heterocycles. The van der Waals surface area contributed by atoms with Crippen molar-refractivity contribution in [2.45, 2.75) is 39.2 Å². The molecule has 2 atom stereocenters. The van der Waals surface area contributed by atoms with Gasteiger partial charge in [-0.05, 0) is 57.0 Å². The summed E-state index contributed by atoms with van der Waals surface area (Å²) in [6, 6.07) is 4.96. The normalized spacial score (nSPS) is 18.0. The van der Waals surface area contributed by atoms with Crippen LogP contribution in [0.15, 0.2) is 18.2 Å². The number of rotatable bonds is 7. The van der Waals surface area contributed by atoms with E-state index in [0.717, 1.165) is 6.54 Å². The van der Waals surface area contributed by atoms with Gasteiger partial charge < -0.3 is 15.0 Å². The summed E-state index contributed by atoms with van der Waals surface area (Å²) in [5.41, 5.74) is 0. The Kier molecular flexibility index (Phi) is 7.66. The van der Waals surface area contributed by atoms with E-state index in [1.54, 1.807) is 25.1 Å². The monoisotopic (exact) mass is 372 g/mol. The van der Waals surface area contributed by atoms with E-state index in [-0.39, 0.29) is 5.91 Å². The average Bonchev–Trinajstić information content (AvgIpc) is 2.56. The van der Waals surface area contributed by atoms with Gasteiger partial charge in [0.05, 0.1) is 5.02 Å². The van der Waals surface area contributed by atoms with E-state index in [1.165, 1.54) is 32.4 Å². The molecule has 0 spiro atoms. The van der Waals surface area contributed by atoms with Crippen molar-refractivity contribution < 1.29 is 9.53 Å². The molecule has 4 nitrogen and oxygen atoms in total. The van der Waals surface area contributed by atoms with Gasteiger partial charge in [-0.25, -0.2) is 0 Å². The SMILES string of the molecule is CC(CNC(=O)C(C)Oc1ccc(Cl)cc1Cl)CN1CCCCC1. The maximum absolute atomic E-state index is 12.2. The first-order valence-corrected chi connectivity index (χ1v) is 9.33. The van der Waals surface area contributed by atoms with E-state index in [9.17, 15) is 4.79 Å². The third-order valence-corrected chi connectivity index (χ3v) is 4.74. The number of halogens is 2. The molecule has 0 radical (unpaired) electrons. The summed E-state index contributed by atoms with van der Waals surface area (Å²) >= 11 is 11.9. The summed E-state index contributed by atoms with van der Waals surface area (Å²) in [6.07, 6.45) is 3.30. The van der Waals surface area contributed by atoms with Crippen LogP contribution in [0.2, 0.25) is 10.0 Å². The van der Waals surface area contributed by atoms with Crippen molar-refractivity contribution in [2.75, 3.05) is 26.2 Å². The number of amides is 1. The highest BCUT2D eigenvalue weighted by atomic mass is 35.5. The first-order valence-electron chi connectivity index (χ1n) is 8.57. The van der Waals surface area contributed by atoms with Crippen molar-refractivity contribution in [3.8, 4) is 5.75 Å². The number of benzene rings is 1. The minimum absolute atomic E-state index is 0.133. The molecule has 0 aliphatic carbocycles. The first-order chi connectivity index (χ1) is 11.5. The highest BCUT2D eigenvalue weighted by Gasteiger charge is 2.18. The maximum atomic E-state index is 12.2. The molecule has 24 heavy (non-hydrogen) atoms. The van der Waals surface area contributed by atoms with Crippen LogP contribution in [0.25, 0.3) is 0 Å². The van der Waals surface area contributed by atoms with Crippen LogP contribution >= 0.6 is 23.2 Å². The van der Waals surface area contributed by atoms with Gasteiger partial charge in [0, 0.05) is 18.1 Å². The van der Waals surface area contributed by atoms with Crippen molar-refractivity contribution >= 4 is 29.1 Å². The Hall–Kier alpha value is -0.970. The van der Waals surface area contributed by atoms with Crippen LogP contribution in [0.1, 0.15) is 33.1 Å². The molecule has 1 amide bonds. The van der Waals surface area contributed by atoms with E-state index in [2.05, 4.69) is 17.1 Å². The smallest absolute Gasteiger partial charge is 0.260 e. The zero-order valence-corrected chi connectivity index (χ0v) is 15.9. The fraction of sp³-hybridized carbons (Fsp3) is 0.611. The van der Waals surface area contributed by atoms with E-state index < -0.39 is 6.10 Å². The zero-order chi connectivity index (χ0) is 17.5. The van der Waals surface area contributed by atoms with Gasteiger partial charge >= 0.3 is 0 Å². The standard InChI is InChI=1S/C18H26Cl2N2O2/c1-13(12-22-8-4-3-5-9-22)11-21-18(23)14(2)24-17-7-6-15(19)10-16(17)20/h6-7,10,13-14H,3-5,8-9,11-12H2,1-2H3,(H,21,23). The van der Waals surface area contributed by atoms with Crippen LogP contribution in [-0.2, 0) is 4.79 Å². The number of carbonyl (C=O) groups is 1. The van der Waals surface area contributed by atoms with E-state index in [0.29, 0.717) is 28.3 Å². The molecule has 0 aromatic heterocycles. The zero-order valence-electron chi connectivity index (χ0n) is 14.4. The number of piperidine rings is 1. The summed E-state index contributed by atoms with van der Waals surface area (Å²) in [6.45, 7) is 7.90. The molecule has 6 heteroatoms. The Bertz CT molecular complexity index is 548. The predicted molar refractivity (Wildman–Crippen MR) is 99.0 cm³/mol. The van der Waals surface area contributed by atoms with Crippen molar-refractivity contribution in [1.29, 1.82) is 0 Å². The Morgan fingerprint density at radius 2 is 1.96 bits per heavy atom. The molecule has 1 fully saturated rings. The number of likely N-dealkylation sites (tertiary alicyclic amines) is 1. The second-order valence-electron chi connectivity index (χ2n) is 6.55. The van der Waals surface area contributed by atoms with Gasteiger partial charge in [-0.3, -0.25) is 4.79 Å². The molecule has 2 unspecified atom stereocenters. The molecular formula is C18H26Cl2N2O2. The van der Waals surface area contributed by atoms with Crippen molar-refractivity contribution in [2.24, 2.45) is 5.92 Å². The lowest BCUT2D eigenvalue weighted by Gasteiger charge is -2.29. The van der Waals surface area contributed by atoms with Gasteiger partial charge in [-0.15, -0.1) is 0 Å². The van der Waals surface area contributed by atoms with Gasteiger partial charge in [0.1, 0.15) is 5.75 Å². The molecule has 0 bridgehead atoms. The summed E-state index contributed by atoms with van der Waals surface area (Å²) in [5.74, 6) is 0.745. The number of hydrogen-bond donors (Lipinski definition) is 1. The lowest BCUT2D eigenvalue weighted by molar-refractivity contribution is -0.127. The van der Waals surface area contributed by atoms with E-state index in [1.807, 2.05) is 0 Å². The maximum Gasteiger partial charge on any atom is 0.260 e. The fourth-order valence-electron chi connectivity index (χ4n) is 2.88. The molecule has 2 rings (SSSR count). The van der Waals surface area contributed by atoms with Crippen molar-refractivity contribution in [3.63, 3.8) is 0 Å². The Morgan fingerprint density at radius 3 is 2.62 bits per heavy atom. The Balaban J connectivity index is 1.74.